The van der Waals surface area contributed by atoms with Gasteiger partial charge in [-0.15, -0.1) is 0 Å². The number of benzene rings is 1. The van der Waals surface area contributed by atoms with Crippen LogP contribution in [0.4, 0.5) is 5.69 Å². The first-order valence-corrected chi connectivity index (χ1v) is 10.2. The van der Waals surface area contributed by atoms with Crippen LogP contribution < -0.4 is 4.90 Å². The lowest BCUT2D eigenvalue weighted by molar-refractivity contribution is -0.117. The smallest absolute Gasteiger partial charge is 0.253 e. The molecule has 140 valence electrons. The first-order valence-electron chi connectivity index (χ1n) is 10.2. The van der Waals surface area contributed by atoms with E-state index in [1.54, 1.807) is 6.92 Å². The third kappa shape index (κ3) is 3.79. The summed E-state index contributed by atoms with van der Waals surface area (Å²) in [7, 11) is 0. The normalized spacial score (nSPS) is 28.3. The number of amides is 1. The molecule has 4 aliphatic rings. The van der Waals surface area contributed by atoms with E-state index in [0.717, 1.165) is 38.2 Å². The molecule has 1 aromatic rings. The van der Waals surface area contributed by atoms with Crippen molar-refractivity contribution in [3.63, 3.8) is 0 Å². The molecular weight excluding hydrogens is 324 g/mol. The molecule has 2 bridgehead atoms. The van der Waals surface area contributed by atoms with Crippen LogP contribution >= 0.6 is 0 Å². The Labute approximate surface area is 156 Å². The van der Waals surface area contributed by atoms with E-state index in [1.807, 2.05) is 12.1 Å². The number of anilines is 1. The van der Waals surface area contributed by atoms with Crippen LogP contribution in [0, 0.1) is 17.8 Å². The number of fused-ring (bicyclic) bond motifs is 4. The summed E-state index contributed by atoms with van der Waals surface area (Å²) in [6, 6.07) is 8.14. The summed E-state index contributed by atoms with van der Waals surface area (Å²) in [6.45, 7) is 5.51. The van der Waals surface area contributed by atoms with Crippen LogP contribution in [0.2, 0.25) is 0 Å². The van der Waals surface area contributed by atoms with E-state index in [2.05, 4.69) is 21.9 Å². The second-order valence-corrected chi connectivity index (χ2v) is 8.65. The second-order valence-electron chi connectivity index (χ2n) is 8.65. The highest BCUT2D eigenvalue weighted by Crippen LogP contribution is 2.34. The van der Waals surface area contributed by atoms with Gasteiger partial charge in [0.2, 0.25) is 0 Å². The van der Waals surface area contributed by atoms with Crippen molar-refractivity contribution in [1.29, 1.82) is 0 Å². The van der Waals surface area contributed by atoms with Gasteiger partial charge in [0.05, 0.1) is 0 Å². The predicted octanol–water partition coefficient (Wildman–Crippen LogP) is 3.75. The molecule has 0 aromatic heterocycles. The third-order valence-corrected chi connectivity index (χ3v) is 6.55. The molecule has 4 heteroatoms. The van der Waals surface area contributed by atoms with Gasteiger partial charge in [-0.2, -0.15) is 0 Å². The van der Waals surface area contributed by atoms with Crippen LogP contribution in [0.15, 0.2) is 24.3 Å². The average molecular weight is 354 g/mol. The van der Waals surface area contributed by atoms with Gasteiger partial charge in [0, 0.05) is 43.9 Å². The van der Waals surface area contributed by atoms with Gasteiger partial charge in [0.1, 0.15) is 5.78 Å². The van der Waals surface area contributed by atoms with E-state index in [9.17, 15) is 9.59 Å². The molecule has 1 atom stereocenters. The molecule has 3 saturated heterocycles. The zero-order chi connectivity index (χ0) is 18.1. The SMILES string of the molecule is CC(=O)C[C@@H]1CCN(c2ccc(C(=O)N3CC4CCC(CC4)C3)cc2)C1. The topological polar surface area (TPSA) is 40.6 Å². The Balaban J connectivity index is 1.40. The van der Waals surface area contributed by atoms with Crippen molar-refractivity contribution in [3.8, 4) is 0 Å². The van der Waals surface area contributed by atoms with Crippen molar-refractivity contribution < 1.29 is 9.59 Å². The Morgan fingerprint density at radius 3 is 2.12 bits per heavy atom. The Hall–Kier alpha value is -1.84. The quantitative estimate of drug-likeness (QED) is 0.827. The molecule has 3 aliphatic heterocycles. The third-order valence-electron chi connectivity index (χ3n) is 6.55. The lowest BCUT2D eigenvalue weighted by Crippen LogP contribution is -2.34. The van der Waals surface area contributed by atoms with Crippen LogP contribution in [0.3, 0.4) is 0 Å². The van der Waals surface area contributed by atoms with E-state index in [4.69, 9.17) is 0 Å². The van der Waals surface area contributed by atoms with Gasteiger partial charge < -0.3 is 14.6 Å². The van der Waals surface area contributed by atoms with Crippen LogP contribution in [-0.4, -0.2) is 42.8 Å². The number of ketones is 1. The predicted molar refractivity (Wildman–Crippen MR) is 103 cm³/mol. The molecule has 26 heavy (non-hydrogen) atoms. The Kier molecular flexibility index (Phi) is 5.01. The highest BCUT2D eigenvalue weighted by molar-refractivity contribution is 5.94. The summed E-state index contributed by atoms with van der Waals surface area (Å²) in [5.41, 5.74) is 1.98. The van der Waals surface area contributed by atoms with Gasteiger partial charge in [-0.05, 0) is 81.0 Å². The molecule has 4 fully saturated rings. The molecule has 0 unspecified atom stereocenters. The van der Waals surface area contributed by atoms with E-state index in [0.29, 0.717) is 24.2 Å². The number of carbonyl (C=O) groups excluding carboxylic acids is 2. The van der Waals surface area contributed by atoms with E-state index in [-0.39, 0.29) is 11.7 Å². The largest absolute Gasteiger partial charge is 0.371 e. The number of nitrogens with zero attached hydrogens (tertiary/aromatic N) is 2. The minimum absolute atomic E-state index is 0.200. The molecule has 0 N–H and O–H groups in total. The molecular formula is C22H30N2O2. The van der Waals surface area contributed by atoms with Crippen molar-refractivity contribution in [2.45, 2.75) is 45.4 Å². The molecule has 4 nitrogen and oxygen atoms in total. The van der Waals surface area contributed by atoms with Crippen LogP contribution in [0.25, 0.3) is 0 Å². The summed E-state index contributed by atoms with van der Waals surface area (Å²) in [4.78, 5) is 28.7. The van der Waals surface area contributed by atoms with Crippen molar-refractivity contribution in [1.82, 2.24) is 4.90 Å². The first-order chi connectivity index (χ1) is 12.6. The van der Waals surface area contributed by atoms with Gasteiger partial charge in [-0.3, -0.25) is 4.79 Å². The molecule has 1 aromatic carbocycles. The lowest BCUT2D eigenvalue weighted by atomic mass is 9.84. The first kappa shape index (κ1) is 17.6. The molecule has 1 saturated carbocycles. The summed E-state index contributed by atoms with van der Waals surface area (Å²) in [5.74, 6) is 2.37. The Morgan fingerprint density at radius 1 is 0.923 bits per heavy atom. The fraction of sp³-hybridized carbons (Fsp3) is 0.636. The van der Waals surface area contributed by atoms with Crippen molar-refractivity contribution in [2.24, 2.45) is 17.8 Å². The summed E-state index contributed by atoms with van der Waals surface area (Å²) in [6.07, 6.45) is 6.95. The van der Waals surface area contributed by atoms with Gasteiger partial charge >= 0.3 is 0 Å². The van der Waals surface area contributed by atoms with E-state index < -0.39 is 0 Å². The number of Topliss-reactive ketones (excluding diaryl/α,β-unsaturated/α-hetero) is 1. The summed E-state index contributed by atoms with van der Waals surface area (Å²) in [5, 5.41) is 0. The zero-order valence-electron chi connectivity index (χ0n) is 15.8. The van der Waals surface area contributed by atoms with Crippen molar-refractivity contribution in [2.75, 3.05) is 31.1 Å². The highest BCUT2D eigenvalue weighted by Gasteiger charge is 2.32. The summed E-state index contributed by atoms with van der Waals surface area (Å²) < 4.78 is 0. The minimum Gasteiger partial charge on any atom is -0.371 e. The molecule has 0 radical (unpaired) electrons. The maximum atomic E-state index is 13.0. The van der Waals surface area contributed by atoms with Gasteiger partial charge in [-0.25, -0.2) is 0 Å². The maximum absolute atomic E-state index is 13.0. The monoisotopic (exact) mass is 354 g/mol. The fourth-order valence-corrected chi connectivity index (χ4v) is 5.10. The lowest BCUT2D eigenvalue weighted by Gasteiger charge is -2.23. The van der Waals surface area contributed by atoms with Gasteiger partial charge in [0.25, 0.3) is 5.91 Å². The van der Waals surface area contributed by atoms with E-state index in [1.165, 1.54) is 31.4 Å². The second kappa shape index (κ2) is 7.42. The van der Waals surface area contributed by atoms with Crippen LogP contribution in [0.1, 0.15) is 55.8 Å². The molecule has 3 heterocycles. The Bertz CT molecular complexity index is 647. The molecule has 5 rings (SSSR count). The number of carbonyl (C=O) groups is 2. The number of hydrogen-bond acceptors (Lipinski definition) is 3. The van der Waals surface area contributed by atoms with Crippen molar-refractivity contribution in [3.05, 3.63) is 29.8 Å². The Morgan fingerprint density at radius 2 is 1.54 bits per heavy atom. The highest BCUT2D eigenvalue weighted by atomic mass is 16.2. The minimum atomic E-state index is 0.200. The maximum Gasteiger partial charge on any atom is 0.253 e. The number of hydrogen-bond donors (Lipinski definition) is 0. The van der Waals surface area contributed by atoms with Gasteiger partial charge in [0.15, 0.2) is 0 Å². The average Bonchev–Trinajstić information content (AvgIpc) is 2.88. The fourth-order valence-electron chi connectivity index (χ4n) is 5.10. The van der Waals surface area contributed by atoms with Crippen LogP contribution in [-0.2, 0) is 4.79 Å². The van der Waals surface area contributed by atoms with E-state index >= 15 is 0 Å². The zero-order valence-corrected chi connectivity index (χ0v) is 15.8. The van der Waals surface area contributed by atoms with Crippen LogP contribution in [0.5, 0.6) is 0 Å². The standard InChI is InChI=1S/C22H30N2O2/c1-16(25)12-19-10-11-23(15-19)21-8-6-20(7-9-21)22(26)24-13-17-2-3-18(14-24)5-4-17/h6-9,17-19H,2-5,10-15H2,1H3/t17?,18?,19-/m0/s1. The molecule has 0 spiro atoms. The van der Waals surface area contributed by atoms with Gasteiger partial charge in [-0.1, -0.05) is 0 Å². The molecule has 1 aliphatic carbocycles. The summed E-state index contributed by atoms with van der Waals surface area (Å²) >= 11 is 0. The molecule has 1 amide bonds. The number of rotatable bonds is 4. The van der Waals surface area contributed by atoms with Crippen molar-refractivity contribution >= 4 is 17.4 Å².